The van der Waals surface area contributed by atoms with E-state index in [2.05, 4.69) is 22.9 Å². The van der Waals surface area contributed by atoms with Gasteiger partial charge in [-0.1, -0.05) is 6.92 Å². The maximum absolute atomic E-state index is 12.8. The van der Waals surface area contributed by atoms with Crippen LogP contribution in [0.5, 0.6) is 5.75 Å². The molecule has 0 saturated carbocycles. The third-order valence-electron chi connectivity index (χ3n) is 3.56. The smallest absolute Gasteiger partial charge is 0.243 e. The predicted octanol–water partition coefficient (Wildman–Crippen LogP) is 2.97. The minimum atomic E-state index is -3.46. The fraction of sp³-hybridized carbons (Fsp3) is 0.538. The molecule has 1 aliphatic heterocycles. The lowest BCUT2D eigenvalue weighted by Gasteiger charge is -2.36. The zero-order valence-corrected chi connectivity index (χ0v) is 14.9. The van der Waals surface area contributed by atoms with E-state index in [1.807, 2.05) is 18.7 Å². The van der Waals surface area contributed by atoms with Crippen LogP contribution in [0.3, 0.4) is 0 Å². The van der Waals surface area contributed by atoms with Gasteiger partial charge in [0.2, 0.25) is 10.0 Å². The standard InChI is InChI=1S/C13H18BrNO3S2/c1-9-10(2)19-7-6-15(9)20(16,17)11-4-5-13(18-3)12(14)8-11/h4-5,8-10H,6-7H2,1-3H3. The molecule has 0 bridgehead atoms. The Morgan fingerprint density at radius 1 is 1.40 bits per heavy atom. The lowest BCUT2D eigenvalue weighted by molar-refractivity contribution is 0.340. The summed E-state index contributed by atoms with van der Waals surface area (Å²) in [4.78, 5) is 0.302. The van der Waals surface area contributed by atoms with Gasteiger partial charge in [-0.2, -0.15) is 16.1 Å². The highest BCUT2D eigenvalue weighted by atomic mass is 79.9. The van der Waals surface area contributed by atoms with Crippen molar-refractivity contribution in [2.24, 2.45) is 0 Å². The first-order valence-electron chi connectivity index (χ1n) is 6.35. The van der Waals surface area contributed by atoms with Crippen molar-refractivity contribution >= 4 is 37.7 Å². The number of rotatable bonds is 3. The van der Waals surface area contributed by atoms with E-state index in [0.717, 1.165) is 5.75 Å². The van der Waals surface area contributed by atoms with Gasteiger partial charge in [-0.25, -0.2) is 8.42 Å². The molecule has 1 fully saturated rings. The normalized spacial score (nSPS) is 24.6. The number of sulfonamides is 1. The van der Waals surface area contributed by atoms with Gasteiger partial charge in [0.25, 0.3) is 0 Å². The summed E-state index contributed by atoms with van der Waals surface area (Å²) < 4.78 is 32.9. The first-order valence-corrected chi connectivity index (χ1v) is 9.63. The highest BCUT2D eigenvalue weighted by Gasteiger charge is 2.35. The van der Waals surface area contributed by atoms with E-state index in [0.29, 0.717) is 26.9 Å². The van der Waals surface area contributed by atoms with Gasteiger partial charge < -0.3 is 4.74 Å². The van der Waals surface area contributed by atoms with Crippen molar-refractivity contribution in [3.05, 3.63) is 22.7 Å². The highest BCUT2D eigenvalue weighted by molar-refractivity contribution is 9.10. The van der Waals surface area contributed by atoms with Crippen LogP contribution in [-0.4, -0.2) is 43.4 Å². The second kappa shape index (κ2) is 6.25. The van der Waals surface area contributed by atoms with Crippen LogP contribution in [0.25, 0.3) is 0 Å². The van der Waals surface area contributed by atoms with E-state index in [4.69, 9.17) is 4.74 Å². The Hall–Kier alpha value is -0.240. The van der Waals surface area contributed by atoms with Crippen LogP contribution in [0, 0.1) is 0 Å². The second-order valence-electron chi connectivity index (χ2n) is 4.73. The summed E-state index contributed by atoms with van der Waals surface area (Å²) in [5.74, 6) is 1.46. The molecule has 112 valence electrons. The summed E-state index contributed by atoms with van der Waals surface area (Å²) >= 11 is 5.15. The molecular weight excluding hydrogens is 362 g/mol. The van der Waals surface area contributed by atoms with Crippen LogP contribution < -0.4 is 4.74 Å². The quantitative estimate of drug-likeness (QED) is 0.809. The van der Waals surface area contributed by atoms with Crippen LogP contribution >= 0.6 is 27.7 Å². The second-order valence-corrected chi connectivity index (χ2v) is 8.96. The maximum atomic E-state index is 12.8. The van der Waals surface area contributed by atoms with Crippen LogP contribution in [0.4, 0.5) is 0 Å². The van der Waals surface area contributed by atoms with E-state index >= 15 is 0 Å². The molecule has 0 aliphatic carbocycles. The molecule has 2 atom stereocenters. The largest absolute Gasteiger partial charge is 0.496 e. The monoisotopic (exact) mass is 379 g/mol. The molecule has 20 heavy (non-hydrogen) atoms. The van der Waals surface area contributed by atoms with Gasteiger partial charge in [-0.05, 0) is 41.1 Å². The topological polar surface area (TPSA) is 46.6 Å². The first kappa shape index (κ1) is 16.1. The third kappa shape index (κ3) is 3.00. The molecule has 4 nitrogen and oxygen atoms in total. The van der Waals surface area contributed by atoms with Gasteiger partial charge in [-0.3, -0.25) is 0 Å². The maximum Gasteiger partial charge on any atom is 0.243 e. The Morgan fingerprint density at radius 3 is 2.70 bits per heavy atom. The Balaban J connectivity index is 2.37. The number of methoxy groups -OCH3 is 1. The van der Waals surface area contributed by atoms with Crippen LogP contribution in [-0.2, 0) is 10.0 Å². The molecule has 1 heterocycles. The molecule has 2 unspecified atom stereocenters. The van der Waals surface area contributed by atoms with Crippen molar-refractivity contribution in [2.75, 3.05) is 19.4 Å². The Labute approximate surface area is 133 Å². The highest BCUT2D eigenvalue weighted by Crippen LogP contribution is 2.32. The molecule has 0 aromatic heterocycles. The van der Waals surface area contributed by atoms with Crippen molar-refractivity contribution in [3.63, 3.8) is 0 Å². The summed E-state index contributed by atoms with van der Waals surface area (Å²) in [6.45, 7) is 4.59. The average molecular weight is 380 g/mol. The Kier molecular flexibility index (Phi) is 5.05. The summed E-state index contributed by atoms with van der Waals surface area (Å²) in [6.07, 6.45) is 0. The van der Waals surface area contributed by atoms with Gasteiger partial charge in [0.05, 0.1) is 16.5 Å². The third-order valence-corrected chi connectivity index (χ3v) is 7.50. The number of hydrogen-bond acceptors (Lipinski definition) is 4. The lowest BCUT2D eigenvalue weighted by Crippen LogP contribution is -2.47. The first-order chi connectivity index (χ1) is 9.37. The number of halogens is 1. The van der Waals surface area contributed by atoms with Crippen LogP contribution in [0.1, 0.15) is 13.8 Å². The zero-order valence-electron chi connectivity index (χ0n) is 11.7. The molecular formula is C13H18BrNO3S2. The summed E-state index contributed by atoms with van der Waals surface area (Å²) in [6, 6.07) is 4.87. The SMILES string of the molecule is COc1ccc(S(=O)(=O)N2CCSC(C)C2C)cc1Br. The number of thioether (sulfide) groups is 1. The molecule has 1 aliphatic rings. The molecule has 1 aromatic carbocycles. The number of benzene rings is 1. The number of hydrogen-bond donors (Lipinski definition) is 0. The zero-order chi connectivity index (χ0) is 14.9. The van der Waals surface area contributed by atoms with E-state index in [9.17, 15) is 8.42 Å². The van der Waals surface area contributed by atoms with Gasteiger partial charge in [-0.15, -0.1) is 0 Å². The van der Waals surface area contributed by atoms with Gasteiger partial charge in [0.15, 0.2) is 0 Å². The molecule has 7 heteroatoms. The molecule has 0 spiro atoms. The van der Waals surface area contributed by atoms with Crippen molar-refractivity contribution < 1.29 is 13.2 Å². The van der Waals surface area contributed by atoms with Gasteiger partial charge in [0.1, 0.15) is 5.75 Å². The number of ether oxygens (including phenoxy) is 1. The van der Waals surface area contributed by atoms with Gasteiger partial charge >= 0.3 is 0 Å². The van der Waals surface area contributed by atoms with E-state index in [1.165, 1.54) is 0 Å². The summed E-state index contributed by atoms with van der Waals surface area (Å²) in [5, 5.41) is 0.306. The lowest BCUT2D eigenvalue weighted by atomic mass is 10.2. The fourth-order valence-corrected chi connectivity index (χ4v) is 5.90. The molecule has 0 N–H and O–H groups in total. The molecule has 0 radical (unpaired) electrons. The summed E-state index contributed by atoms with van der Waals surface area (Å²) in [7, 11) is -1.90. The molecule has 1 aromatic rings. The minimum Gasteiger partial charge on any atom is -0.496 e. The van der Waals surface area contributed by atoms with Gasteiger partial charge in [0, 0.05) is 23.6 Å². The summed E-state index contributed by atoms with van der Waals surface area (Å²) in [5.41, 5.74) is 0. The van der Waals surface area contributed by atoms with Crippen molar-refractivity contribution in [1.82, 2.24) is 4.31 Å². The minimum absolute atomic E-state index is 0.000345. The van der Waals surface area contributed by atoms with Crippen LogP contribution in [0.15, 0.2) is 27.6 Å². The molecule has 0 amide bonds. The Bertz CT molecular complexity index is 591. The van der Waals surface area contributed by atoms with Crippen LogP contribution in [0.2, 0.25) is 0 Å². The van der Waals surface area contributed by atoms with E-state index < -0.39 is 10.0 Å². The van der Waals surface area contributed by atoms with Crippen molar-refractivity contribution in [2.45, 2.75) is 30.0 Å². The molecule has 1 saturated heterocycles. The molecule has 2 rings (SSSR count). The Morgan fingerprint density at radius 2 is 2.10 bits per heavy atom. The average Bonchev–Trinajstić information content (AvgIpc) is 2.41. The van der Waals surface area contributed by atoms with E-state index in [1.54, 1.807) is 29.6 Å². The van der Waals surface area contributed by atoms with Crippen molar-refractivity contribution in [3.8, 4) is 5.75 Å². The van der Waals surface area contributed by atoms with Crippen molar-refractivity contribution in [1.29, 1.82) is 0 Å². The van der Waals surface area contributed by atoms with E-state index in [-0.39, 0.29) is 6.04 Å². The fourth-order valence-electron chi connectivity index (χ4n) is 2.19. The number of nitrogens with zero attached hydrogens (tertiary/aromatic N) is 1. The predicted molar refractivity (Wildman–Crippen MR) is 86.0 cm³/mol.